The first-order chi connectivity index (χ1) is 11.9. The predicted molar refractivity (Wildman–Crippen MR) is 102 cm³/mol. The van der Waals surface area contributed by atoms with Crippen molar-refractivity contribution in [2.45, 2.75) is 44.7 Å². The summed E-state index contributed by atoms with van der Waals surface area (Å²) in [4.78, 5) is 24.8. The maximum Gasteiger partial charge on any atom is 0.274 e. The van der Waals surface area contributed by atoms with E-state index in [0.29, 0.717) is 22.8 Å². The summed E-state index contributed by atoms with van der Waals surface area (Å²) in [7, 11) is 1.61. The van der Waals surface area contributed by atoms with Crippen molar-refractivity contribution in [2.24, 2.45) is 0 Å². The normalized spacial score (nSPS) is 11.0. The first-order valence-electron chi connectivity index (χ1n) is 8.27. The first-order valence-corrected chi connectivity index (χ1v) is 9.50. The molecule has 2 aromatic heterocycles. The molecule has 134 valence electrons. The van der Waals surface area contributed by atoms with Gasteiger partial charge in [0.15, 0.2) is 0 Å². The Morgan fingerprint density at radius 2 is 1.84 bits per heavy atom. The van der Waals surface area contributed by atoms with E-state index in [0.717, 1.165) is 4.90 Å². The van der Waals surface area contributed by atoms with Crippen molar-refractivity contribution in [1.82, 2.24) is 14.9 Å². The maximum absolute atomic E-state index is 13.2. The van der Waals surface area contributed by atoms with Gasteiger partial charge in [-0.05, 0) is 46.1 Å². The van der Waals surface area contributed by atoms with E-state index in [1.54, 1.807) is 13.3 Å². The molecule has 0 unspecified atom stereocenters. The van der Waals surface area contributed by atoms with Gasteiger partial charge in [0, 0.05) is 24.3 Å². The second kappa shape index (κ2) is 8.34. The molecule has 0 spiro atoms. The Morgan fingerprint density at radius 3 is 2.32 bits per heavy atom. The van der Waals surface area contributed by atoms with E-state index in [4.69, 9.17) is 4.74 Å². The van der Waals surface area contributed by atoms with Crippen molar-refractivity contribution in [2.75, 3.05) is 13.4 Å². The zero-order valence-corrected chi connectivity index (χ0v) is 16.4. The topological polar surface area (TPSA) is 55.3 Å². The quantitative estimate of drug-likeness (QED) is 0.726. The van der Waals surface area contributed by atoms with E-state index in [2.05, 4.69) is 9.97 Å². The Morgan fingerprint density at radius 1 is 1.16 bits per heavy atom. The second-order valence-electron chi connectivity index (χ2n) is 6.21. The molecule has 0 saturated heterocycles. The highest BCUT2D eigenvalue weighted by Gasteiger charge is 2.27. The molecule has 0 fully saturated rings. The van der Waals surface area contributed by atoms with Crippen molar-refractivity contribution < 1.29 is 9.53 Å². The second-order valence-corrected chi connectivity index (χ2v) is 7.02. The molecule has 0 aromatic carbocycles. The minimum Gasteiger partial charge on any atom is -0.495 e. The highest BCUT2D eigenvalue weighted by molar-refractivity contribution is 7.98. The molecule has 5 nitrogen and oxygen atoms in total. The summed E-state index contributed by atoms with van der Waals surface area (Å²) in [5, 5.41) is 0. The highest BCUT2D eigenvalue weighted by atomic mass is 32.2. The highest BCUT2D eigenvalue weighted by Crippen LogP contribution is 2.34. The monoisotopic (exact) mass is 359 g/mol. The van der Waals surface area contributed by atoms with Gasteiger partial charge in [-0.3, -0.25) is 9.78 Å². The zero-order chi connectivity index (χ0) is 18.6. The minimum atomic E-state index is -0.0922. The lowest BCUT2D eigenvalue weighted by Gasteiger charge is -2.31. The number of thioether (sulfide) groups is 1. The average Bonchev–Trinajstić information content (AvgIpc) is 2.60. The van der Waals surface area contributed by atoms with E-state index in [-0.39, 0.29) is 18.0 Å². The van der Waals surface area contributed by atoms with Gasteiger partial charge >= 0.3 is 0 Å². The van der Waals surface area contributed by atoms with Gasteiger partial charge in [-0.25, -0.2) is 4.98 Å². The minimum absolute atomic E-state index is 0.0773. The lowest BCUT2D eigenvalue weighted by Crippen LogP contribution is -2.42. The Balaban J connectivity index is 2.64. The van der Waals surface area contributed by atoms with Crippen LogP contribution in [0, 0.1) is 0 Å². The van der Waals surface area contributed by atoms with Crippen LogP contribution in [0.15, 0.2) is 35.4 Å². The fraction of sp³-hybridized carbons (Fsp3) is 0.421. The molecular weight excluding hydrogens is 334 g/mol. The van der Waals surface area contributed by atoms with Gasteiger partial charge in [-0.15, -0.1) is 11.8 Å². The van der Waals surface area contributed by atoms with Crippen LogP contribution >= 0.6 is 11.8 Å². The van der Waals surface area contributed by atoms with Crippen molar-refractivity contribution in [3.63, 3.8) is 0 Å². The molecule has 0 aliphatic rings. The van der Waals surface area contributed by atoms with Gasteiger partial charge in [-0.1, -0.05) is 6.07 Å². The Kier molecular flexibility index (Phi) is 6.42. The number of nitrogens with zero attached hydrogens (tertiary/aromatic N) is 3. The molecule has 1 amide bonds. The summed E-state index contributed by atoms with van der Waals surface area (Å²) in [5.41, 5.74) is 1.75. The summed E-state index contributed by atoms with van der Waals surface area (Å²) in [6.45, 7) is 8.04. The fourth-order valence-electron chi connectivity index (χ4n) is 2.84. The van der Waals surface area contributed by atoms with E-state index in [1.165, 1.54) is 11.8 Å². The molecule has 2 aromatic rings. The van der Waals surface area contributed by atoms with Gasteiger partial charge in [-0.2, -0.15) is 0 Å². The molecular formula is C19H25N3O2S. The molecule has 0 bridgehead atoms. The molecule has 0 radical (unpaired) electrons. The third kappa shape index (κ3) is 4.12. The van der Waals surface area contributed by atoms with Crippen LogP contribution in [0.2, 0.25) is 0 Å². The van der Waals surface area contributed by atoms with E-state index < -0.39 is 0 Å². The van der Waals surface area contributed by atoms with Crippen LogP contribution in [0.25, 0.3) is 11.4 Å². The molecule has 2 heterocycles. The SMILES string of the molecule is COc1cc(-c2ccccn2)nc(C(=O)N(C(C)C)C(C)C)c1SC. The molecule has 0 aliphatic heterocycles. The van der Waals surface area contributed by atoms with Gasteiger partial charge in [0.1, 0.15) is 11.4 Å². The molecule has 0 N–H and O–H groups in total. The third-order valence-electron chi connectivity index (χ3n) is 3.84. The van der Waals surface area contributed by atoms with Crippen LogP contribution in [0.3, 0.4) is 0 Å². The fourth-order valence-corrected chi connectivity index (χ4v) is 3.51. The first kappa shape index (κ1) is 19.2. The van der Waals surface area contributed by atoms with E-state index in [9.17, 15) is 4.79 Å². The number of ether oxygens (including phenoxy) is 1. The number of rotatable bonds is 6. The Labute approximate surface area is 153 Å². The van der Waals surface area contributed by atoms with Crippen molar-refractivity contribution >= 4 is 17.7 Å². The standard InChI is InChI=1S/C19H25N3O2S/c1-12(2)22(13(3)4)19(23)17-18(25-6)16(24-5)11-15(21-17)14-9-7-8-10-20-14/h7-13H,1-6H3. The lowest BCUT2D eigenvalue weighted by molar-refractivity contribution is 0.0633. The van der Waals surface area contributed by atoms with Crippen LogP contribution in [0.5, 0.6) is 5.75 Å². The molecule has 0 atom stereocenters. The van der Waals surface area contributed by atoms with Gasteiger partial charge in [0.2, 0.25) is 0 Å². The molecule has 25 heavy (non-hydrogen) atoms. The summed E-state index contributed by atoms with van der Waals surface area (Å²) in [6, 6.07) is 7.61. The number of aromatic nitrogens is 2. The lowest BCUT2D eigenvalue weighted by atomic mass is 10.1. The van der Waals surface area contributed by atoms with Gasteiger partial charge in [0.05, 0.1) is 23.4 Å². The Bertz CT molecular complexity index is 725. The molecule has 0 saturated carbocycles. The number of amides is 1. The number of hydrogen-bond donors (Lipinski definition) is 0. The zero-order valence-electron chi connectivity index (χ0n) is 15.6. The predicted octanol–water partition coefficient (Wildman–Crippen LogP) is 4.13. The summed E-state index contributed by atoms with van der Waals surface area (Å²) in [5.74, 6) is 0.546. The number of hydrogen-bond acceptors (Lipinski definition) is 5. The summed E-state index contributed by atoms with van der Waals surface area (Å²) >= 11 is 1.46. The average molecular weight is 359 g/mol. The van der Waals surface area contributed by atoms with Crippen LogP contribution in [-0.2, 0) is 0 Å². The van der Waals surface area contributed by atoms with Crippen LogP contribution in [0.4, 0.5) is 0 Å². The largest absolute Gasteiger partial charge is 0.495 e. The van der Waals surface area contributed by atoms with Gasteiger partial charge in [0.25, 0.3) is 5.91 Å². The van der Waals surface area contributed by atoms with E-state index >= 15 is 0 Å². The molecule has 2 rings (SSSR count). The van der Waals surface area contributed by atoms with Crippen LogP contribution in [-0.4, -0.2) is 46.2 Å². The number of carbonyl (C=O) groups is 1. The Hall–Kier alpha value is -2.08. The number of carbonyl (C=O) groups excluding carboxylic acids is 1. The number of methoxy groups -OCH3 is 1. The third-order valence-corrected chi connectivity index (χ3v) is 4.64. The van der Waals surface area contributed by atoms with Crippen molar-refractivity contribution in [1.29, 1.82) is 0 Å². The van der Waals surface area contributed by atoms with Crippen molar-refractivity contribution in [3.8, 4) is 17.1 Å². The number of pyridine rings is 2. The summed E-state index contributed by atoms with van der Waals surface area (Å²) in [6.07, 6.45) is 3.63. The van der Waals surface area contributed by atoms with Gasteiger partial charge < -0.3 is 9.64 Å². The molecule has 6 heteroatoms. The van der Waals surface area contributed by atoms with Crippen LogP contribution in [0.1, 0.15) is 38.2 Å². The van der Waals surface area contributed by atoms with Crippen molar-refractivity contribution in [3.05, 3.63) is 36.2 Å². The maximum atomic E-state index is 13.2. The summed E-state index contributed by atoms with van der Waals surface area (Å²) < 4.78 is 5.53. The van der Waals surface area contributed by atoms with Crippen LogP contribution < -0.4 is 4.74 Å². The smallest absolute Gasteiger partial charge is 0.274 e. The molecule has 0 aliphatic carbocycles. The van der Waals surface area contributed by atoms with E-state index in [1.807, 2.05) is 63.1 Å².